The second kappa shape index (κ2) is 9.89. The third kappa shape index (κ3) is 4.42. The van der Waals surface area contributed by atoms with E-state index in [1.54, 1.807) is 36.3 Å². The first-order valence-corrected chi connectivity index (χ1v) is 13.5. The summed E-state index contributed by atoms with van der Waals surface area (Å²) in [5, 5.41) is 15.6. The number of pyridine rings is 2. The van der Waals surface area contributed by atoms with Crippen LogP contribution in [0.5, 0.6) is 0 Å². The van der Waals surface area contributed by atoms with Gasteiger partial charge in [-0.25, -0.2) is 4.98 Å². The quantitative estimate of drug-likeness (QED) is 0.300. The van der Waals surface area contributed by atoms with Crippen LogP contribution in [0.2, 0.25) is 0 Å². The number of carbonyl (C=O) groups excluding carboxylic acids is 1. The molecule has 2 aliphatic rings. The Hall–Kier alpha value is -4.97. The number of hydrogen-bond acceptors (Lipinski definition) is 8. The fraction of sp³-hybridized carbons (Fsp3) is 0.276. The number of nitrogens with one attached hydrogen (secondary N) is 3. The van der Waals surface area contributed by atoms with Gasteiger partial charge in [-0.15, -0.1) is 0 Å². The molecule has 6 heterocycles. The van der Waals surface area contributed by atoms with Gasteiger partial charge in [0.15, 0.2) is 0 Å². The molecule has 1 aromatic carbocycles. The minimum atomic E-state index is -0.341. The summed E-state index contributed by atoms with van der Waals surface area (Å²) in [6, 6.07) is 9.81. The lowest BCUT2D eigenvalue weighted by Crippen LogP contribution is -2.28. The summed E-state index contributed by atoms with van der Waals surface area (Å²) in [5.74, 6) is -0.0238. The van der Waals surface area contributed by atoms with Crippen LogP contribution >= 0.6 is 0 Å². The van der Waals surface area contributed by atoms with Gasteiger partial charge in [0, 0.05) is 56.9 Å². The first kappa shape index (κ1) is 25.0. The number of aryl methyl sites for hydroxylation is 1. The summed E-state index contributed by atoms with van der Waals surface area (Å²) in [6.45, 7) is 2.20. The van der Waals surface area contributed by atoms with Crippen LogP contribution in [0.4, 0.5) is 22.9 Å². The average Bonchev–Trinajstić information content (AvgIpc) is 3.60. The SMILES string of the molecule is CN1Cc2c(cnn2C2CCOCC2)-c2cccc(Nc3cc(NC(=O)c4cnn(C)c4)nc4cc[nH]c(=O)c34)c21. The van der Waals surface area contributed by atoms with Crippen LogP contribution in [0.15, 0.2) is 59.9 Å². The van der Waals surface area contributed by atoms with E-state index in [4.69, 9.17) is 9.84 Å². The minimum Gasteiger partial charge on any atom is -0.381 e. The van der Waals surface area contributed by atoms with Crippen molar-refractivity contribution in [1.29, 1.82) is 0 Å². The number of nitrogens with zero attached hydrogens (tertiary/aromatic N) is 6. The maximum atomic E-state index is 13.0. The molecule has 0 radical (unpaired) electrons. The molecule has 208 valence electrons. The van der Waals surface area contributed by atoms with Gasteiger partial charge >= 0.3 is 0 Å². The Balaban J connectivity index is 1.28. The van der Waals surface area contributed by atoms with Gasteiger partial charge in [-0.2, -0.15) is 10.2 Å². The van der Waals surface area contributed by atoms with Gasteiger partial charge in [0.05, 0.1) is 64.2 Å². The van der Waals surface area contributed by atoms with Crippen LogP contribution < -0.4 is 21.1 Å². The fourth-order valence-electron chi connectivity index (χ4n) is 5.82. The molecule has 4 aromatic heterocycles. The molecule has 12 nitrogen and oxygen atoms in total. The Morgan fingerprint density at radius 3 is 2.73 bits per heavy atom. The molecule has 12 heteroatoms. The fourth-order valence-corrected chi connectivity index (χ4v) is 5.82. The van der Waals surface area contributed by atoms with Crippen molar-refractivity contribution in [2.75, 3.05) is 35.8 Å². The summed E-state index contributed by atoms with van der Waals surface area (Å²) in [5.41, 5.74) is 6.31. The lowest BCUT2D eigenvalue weighted by molar-refractivity contribution is 0.0654. The van der Waals surface area contributed by atoms with E-state index >= 15 is 0 Å². The number of amides is 1. The summed E-state index contributed by atoms with van der Waals surface area (Å²) in [4.78, 5) is 35.3. The Kier molecular flexibility index (Phi) is 6.04. The number of fused-ring (bicyclic) bond motifs is 4. The molecule has 2 aliphatic heterocycles. The number of hydrogen-bond donors (Lipinski definition) is 3. The van der Waals surface area contributed by atoms with Gasteiger partial charge in [0.25, 0.3) is 11.5 Å². The molecule has 3 N–H and O–H groups in total. The van der Waals surface area contributed by atoms with Crippen LogP contribution in [0.25, 0.3) is 22.0 Å². The highest BCUT2D eigenvalue weighted by Gasteiger charge is 2.29. The number of para-hydroxylation sites is 1. The zero-order valence-corrected chi connectivity index (χ0v) is 22.7. The molecule has 1 fully saturated rings. The third-order valence-corrected chi connectivity index (χ3v) is 7.74. The van der Waals surface area contributed by atoms with Gasteiger partial charge < -0.3 is 25.3 Å². The predicted octanol–water partition coefficient (Wildman–Crippen LogP) is 3.82. The molecule has 7 rings (SSSR count). The summed E-state index contributed by atoms with van der Waals surface area (Å²) in [7, 11) is 3.81. The highest BCUT2D eigenvalue weighted by atomic mass is 16.5. The smallest absolute Gasteiger partial charge is 0.260 e. The Morgan fingerprint density at radius 1 is 1.07 bits per heavy atom. The van der Waals surface area contributed by atoms with Crippen molar-refractivity contribution in [1.82, 2.24) is 29.5 Å². The average molecular weight is 552 g/mol. The Morgan fingerprint density at radius 2 is 1.93 bits per heavy atom. The van der Waals surface area contributed by atoms with Crippen LogP contribution in [-0.2, 0) is 18.3 Å². The molecule has 0 atom stereocenters. The van der Waals surface area contributed by atoms with E-state index in [-0.39, 0.29) is 11.5 Å². The van der Waals surface area contributed by atoms with Crippen LogP contribution in [0, 0.1) is 0 Å². The first-order valence-electron chi connectivity index (χ1n) is 13.5. The van der Waals surface area contributed by atoms with Crippen molar-refractivity contribution < 1.29 is 9.53 Å². The van der Waals surface area contributed by atoms with Crippen molar-refractivity contribution >= 4 is 39.7 Å². The van der Waals surface area contributed by atoms with Gasteiger partial charge in [-0.05, 0) is 25.0 Å². The molecule has 41 heavy (non-hydrogen) atoms. The number of rotatable bonds is 5. The first-order chi connectivity index (χ1) is 20.0. The number of H-pyrrole nitrogens is 1. The van der Waals surface area contributed by atoms with Crippen molar-refractivity contribution in [3.05, 3.63) is 76.7 Å². The lowest BCUT2D eigenvalue weighted by Gasteiger charge is -2.32. The monoisotopic (exact) mass is 551 g/mol. The van der Waals surface area contributed by atoms with E-state index in [9.17, 15) is 9.59 Å². The van der Waals surface area contributed by atoms with Gasteiger partial charge in [-0.1, -0.05) is 12.1 Å². The topological polar surface area (TPSA) is 135 Å². The highest BCUT2D eigenvalue weighted by Crippen LogP contribution is 2.45. The molecule has 0 spiro atoms. The van der Waals surface area contributed by atoms with Crippen molar-refractivity contribution in [2.24, 2.45) is 7.05 Å². The molecule has 5 aromatic rings. The van der Waals surface area contributed by atoms with Crippen LogP contribution in [-0.4, -0.2) is 55.7 Å². The maximum Gasteiger partial charge on any atom is 0.260 e. The number of benzene rings is 1. The van der Waals surface area contributed by atoms with Crippen LogP contribution in [0.3, 0.4) is 0 Å². The number of carbonyl (C=O) groups is 1. The minimum absolute atomic E-state index is 0.277. The van der Waals surface area contributed by atoms with Crippen molar-refractivity contribution in [3.8, 4) is 11.1 Å². The third-order valence-electron chi connectivity index (χ3n) is 7.74. The Bertz CT molecular complexity index is 1850. The summed E-state index contributed by atoms with van der Waals surface area (Å²) < 4.78 is 9.30. The number of anilines is 4. The van der Waals surface area contributed by atoms with E-state index in [1.807, 2.05) is 18.3 Å². The lowest BCUT2D eigenvalue weighted by atomic mass is 9.97. The second-order valence-corrected chi connectivity index (χ2v) is 10.5. The molecule has 1 saturated heterocycles. The molecule has 1 amide bonds. The second-order valence-electron chi connectivity index (χ2n) is 10.5. The summed E-state index contributed by atoms with van der Waals surface area (Å²) >= 11 is 0. The molecular formula is C29H29N9O3. The zero-order chi connectivity index (χ0) is 28.1. The molecule has 0 bridgehead atoms. The molecule has 0 unspecified atom stereocenters. The van der Waals surface area contributed by atoms with Gasteiger partial charge in [0.1, 0.15) is 5.82 Å². The highest BCUT2D eigenvalue weighted by molar-refractivity contribution is 6.05. The number of ether oxygens (including phenoxy) is 1. The number of aromatic nitrogens is 6. The van der Waals surface area contributed by atoms with Crippen LogP contribution in [0.1, 0.15) is 34.9 Å². The number of aromatic amines is 1. The standard InChI is InChI=1S/C29H29N9O3/c1-36-16-24-20(14-32-38(24)18-7-10-41-11-8-18)19-4-3-5-22(27(19)36)33-23-12-25(34-21-6-9-30-29(40)26(21)23)35-28(39)17-13-31-37(2)15-17/h3-6,9,12-15,18H,7-8,10-11,16H2,1-2H3,(H,30,40)(H2,33,34,35,39). The summed E-state index contributed by atoms with van der Waals surface area (Å²) in [6.07, 6.45) is 8.53. The Labute approximate surface area is 235 Å². The van der Waals surface area contributed by atoms with Gasteiger partial charge in [0.2, 0.25) is 0 Å². The van der Waals surface area contributed by atoms with E-state index in [2.05, 4.69) is 48.4 Å². The molecular weight excluding hydrogens is 522 g/mol. The predicted molar refractivity (Wildman–Crippen MR) is 156 cm³/mol. The maximum absolute atomic E-state index is 13.0. The molecule has 0 saturated carbocycles. The van der Waals surface area contributed by atoms with Crippen molar-refractivity contribution in [3.63, 3.8) is 0 Å². The largest absolute Gasteiger partial charge is 0.381 e. The molecule has 0 aliphatic carbocycles. The normalized spacial score (nSPS) is 15.0. The van der Waals surface area contributed by atoms with Gasteiger partial charge in [-0.3, -0.25) is 19.0 Å². The van der Waals surface area contributed by atoms with E-state index in [0.29, 0.717) is 40.6 Å². The van der Waals surface area contributed by atoms with E-state index in [0.717, 1.165) is 48.6 Å². The zero-order valence-electron chi connectivity index (χ0n) is 22.7. The van der Waals surface area contributed by atoms with E-state index < -0.39 is 0 Å². The van der Waals surface area contributed by atoms with E-state index in [1.165, 1.54) is 11.9 Å². The van der Waals surface area contributed by atoms with Crippen molar-refractivity contribution in [2.45, 2.75) is 25.4 Å².